The second kappa shape index (κ2) is 9.17. The molecule has 0 aliphatic carbocycles. The molecule has 0 atom stereocenters. The number of hydrogen-bond acceptors (Lipinski definition) is 4. The van der Waals surface area contributed by atoms with Crippen LogP contribution in [0.3, 0.4) is 0 Å². The minimum Gasteiger partial charge on any atom is -0.348 e. The van der Waals surface area contributed by atoms with Crippen LogP contribution in [0.25, 0.3) is 10.6 Å². The van der Waals surface area contributed by atoms with Gasteiger partial charge in [-0.15, -0.1) is 36.2 Å². The van der Waals surface area contributed by atoms with Crippen LogP contribution in [0.15, 0.2) is 29.6 Å². The molecule has 1 aliphatic heterocycles. The number of thiazole rings is 1. The number of rotatable bonds is 3. The highest BCUT2D eigenvalue weighted by Crippen LogP contribution is 2.24. The van der Waals surface area contributed by atoms with Gasteiger partial charge >= 0.3 is 0 Å². The van der Waals surface area contributed by atoms with E-state index in [4.69, 9.17) is 0 Å². The lowest BCUT2D eigenvalue weighted by Crippen LogP contribution is -2.42. The van der Waals surface area contributed by atoms with Crippen LogP contribution in [0.4, 0.5) is 4.39 Å². The molecule has 0 radical (unpaired) electrons. The molecule has 1 amide bonds. The van der Waals surface area contributed by atoms with E-state index >= 15 is 0 Å². The van der Waals surface area contributed by atoms with Crippen LogP contribution >= 0.6 is 36.2 Å². The molecule has 1 saturated heterocycles. The number of carbonyl (C=O) groups is 1. The van der Waals surface area contributed by atoms with Crippen molar-refractivity contribution in [2.45, 2.75) is 18.9 Å². The molecule has 126 valence electrons. The molecule has 1 aliphatic rings. The van der Waals surface area contributed by atoms with Crippen LogP contribution in [0.1, 0.15) is 23.3 Å². The first kappa shape index (κ1) is 19.8. The van der Waals surface area contributed by atoms with E-state index in [1.165, 1.54) is 23.5 Å². The minimum absolute atomic E-state index is 0. The maximum atomic E-state index is 12.9. The Morgan fingerprint density at radius 3 is 2.52 bits per heavy atom. The third-order valence-electron chi connectivity index (χ3n) is 3.50. The molecule has 2 heterocycles. The molecule has 1 aromatic carbocycles. The van der Waals surface area contributed by atoms with E-state index in [9.17, 15) is 9.18 Å². The summed E-state index contributed by atoms with van der Waals surface area (Å²) in [5, 5.41) is 8.75. The maximum absolute atomic E-state index is 12.9. The molecule has 1 aromatic heterocycles. The molecule has 0 spiro atoms. The Bertz CT molecular complexity index is 630. The lowest BCUT2D eigenvalue weighted by Gasteiger charge is -2.23. The normalized spacial score (nSPS) is 14.5. The molecular weight excluding hydrogens is 360 g/mol. The van der Waals surface area contributed by atoms with Gasteiger partial charge in [-0.25, -0.2) is 9.37 Å². The Morgan fingerprint density at radius 1 is 1.22 bits per heavy atom. The third-order valence-corrected chi connectivity index (χ3v) is 4.39. The van der Waals surface area contributed by atoms with Gasteiger partial charge in [-0.3, -0.25) is 4.79 Å². The van der Waals surface area contributed by atoms with Crippen molar-refractivity contribution in [1.29, 1.82) is 0 Å². The van der Waals surface area contributed by atoms with Gasteiger partial charge in [0.25, 0.3) is 5.91 Å². The number of benzene rings is 1. The zero-order valence-electron chi connectivity index (χ0n) is 12.3. The second-order valence-electron chi connectivity index (χ2n) is 5.04. The number of nitrogens with one attached hydrogen (secondary N) is 2. The van der Waals surface area contributed by atoms with E-state index in [-0.39, 0.29) is 42.6 Å². The summed E-state index contributed by atoms with van der Waals surface area (Å²) in [6.45, 7) is 1.87. The molecule has 23 heavy (non-hydrogen) atoms. The van der Waals surface area contributed by atoms with E-state index in [2.05, 4.69) is 15.6 Å². The number of nitrogens with zero attached hydrogens (tertiary/aromatic N) is 1. The number of carbonyl (C=O) groups excluding carboxylic acids is 1. The fraction of sp³-hybridized carbons (Fsp3) is 0.333. The lowest BCUT2D eigenvalue weighted by molar-refractivity contribution is 0.0925. The van der Waals surface area contributed by atoms with Crippen molar-refractivity contribution < 1.29 is 9.18 Å². The largest absolute Gasteiger partial charge is 0.348 e. The molecule has 3 rings (SSSR count). The quantitative estimate of drug-likeness (QED) is 0.862. The van der Waals surface area contributed by atoms with Crippen molar-refractivity contribution in [2.75, 3.05) is 13.1 Å². The molecular formula is C15H18Cl2FN3OS. The van der Waals surface area contributed by atoms with Crippen LogP contribution in [-0.2, 0) is 0 Å². The van der Waals surface area contributed by atoms with E-state index < -0.39 is 0 Å². The van der Waals surface area contributed by atoms with E-state index in [1.807, 2.05) is 0 Å². The van der Waals surface area contributed by atoms with Gasteiger partial charge in [0, 0.05) is 17.0 Å². The van der Waals surface area contributed by atoms with Gasteiger partial charge in [-0.1, -0.05) is 0 Å². The molecule has 0 saturated carbocycles. The van der Waals surface area contributed by atoms with E-state index in [1.54, 1.807) is 17.5 Å². The fourth-order valence-electron chi connectivity index (χ4n) is 2.33. The van der Waals surface area contributed by atoms with Gasteiger partial charge in [0.2, 0.25) is 0 Å². The highest BCUT2D eigenvalue weighted by atomic mass is 35.5. The Hall–Kier alpha value is -1.21. The van der Waals surface area contributed by atoms with Crippen LogP contribution < -0.4 is 10.6 Å². The molecule has 0 bridgehead atoms. The maximum Gasteiger partial charge on any atom is 0.270 e. The highest BCUT2D eigenvalue weighted by molar-refractivity contribution is 7.13. The second-order valence-corrected chi connectivity index (χ2v) is 5.90. The topological polar surface area (TPSA) is 54.0 Å². The smallest absolute Gasteiger partial charge is 0.270 e. The molecule has 4 nitrogen and oxygen atoms in total. The van der Waals surface area contributed by atoms with Crippen LogP contribution in [0, 0.1) is 5.82 Å². The van der Waals surface area contributed by atoms with Crippen molar-refractivity contribution >= 4 is 42.1 Å². The standard InChI is InChI=1S/C15H16FN3OS.2ClH/c16-11-3-1-10(2-4-11)15-19-13(9-21-15)14(20)18-12-5-7-17-8-6-12;;/h1-4,9,12,17H,5-8H2,(H,18,20);2*1H. The van der Waals surface area contributed by atoms with Gasteiger partial charge in [0.15, 0.2) is 0 Å². The summed E-state index contributed by atoms with van der Waals surface area (Å²) in [6.07, 6.45) is 1.89. The summed E-state index contributed by atoms with van der Waals surface area (Å²) in [5.41, 5.74) is 1.25. The molecule has 2 aromatic rings. The van der Waals surface area contributed by atoms with Crippen LogP contribution in [-0.4, -0.2) is 30.0 Å². The fourth-order valence-corrected chi connectivity index (χ4v) is 3.13. The summed E-state index contributed by atoms with van der Waals surface area (Å²) < 4.78 is 12.9. The summed E-state index contributed by atoms with van der Waals surface area (Å²) >= 11 is 1.39. The van der Waals surface area contributed by atoms with Crippen LogP contribution in [0.5, 0.6) is 0 Å². The first-order valence-electron chi connectivity index (χ1n) is 6.95. The molecule has 2 N–H and O–H groups in total. The Labute approximate surface area is 150 Å². The van der Waals surface area contributed by atoms with Gasteiger partial charge in [0.05, 0.1) is 0 Å². The lowest BCUT2D eigenvalue weighted by atomic mass is 10.1. The Balaban J connectivity index is 0.00000132. The zero-order chi connectivity index (χ0) is 14.7. The SMILES string of the molecule is Cl.Cl.O=C(NC1CCNCC1)c1csc(-c2ccc(F)cc2)n1. The average molecular weight is 378 g/mol. The third kappa shape index (κ3) is 5.14. The predicted octanol–water partition coefficient (Wildman–Crippen LogP) is 3.27. The number of hydrogen-bond donors (Lipinski definition) is 2. The van der Waals surface area contributed by atoms with E-state index in [0.717, 1.165) is 36.5 Å². The van der Waals surface area contributed by atoms with Gasteiger partial charge < -0.3 is 10.6 Å². The monoisotopic (exact) mass is 377 g/mol. The number of aromatic nitrogens is 1. The first-order valence-corrected chi connectivity index (χ1v) is 7.83. The van der Waals surface area contributed by atoms with Crippen molar-refractivity contribution in [3.63, 3.8) is 0 Å². The predicted molar refractivity (Wildman–Crippen MR) is 95.4 cm³/mol. The number of halogens is 3. The summed E-state index contributed by atoms with van der Waals surface area (Å²) in [7, 11) is 0. The summed E-state index contributed by atoms with van der Waals surface area (Å²) in [6, 6.07) is 6.34. The minimum atomic E-state index is -0.279. The van der Waals surface area contributed by atoms with Gasteiger partial charge in [-0.2, -0.15) is 0 Å². The van der Waals surface area contributed by atoms with Gasteiger partial charge in [0.1, 0.15) is 16.5 Å². The van der Waals surface area contributed by atoms with Gasteiger partial charge in [-0.05, 0) is 50.2 Å². The molecule has 8 heteroatoms. The number of amides is 1. The Morgan fingerprint density at radius 2 is 1.87 bits per heavy atom. The number of piperidine rings is 1. The Kier molecular flexibility index (Phi) is 7.91. The van der Waals surface area contributed by atoms with Crippen molar-refractivity contribution in [1.82, 2.24) is 15.6 Å². The summed E-state index contributed by atoms with van der Waals surface area (Å²) in [4.78, 5) is 16.5. The van der Waals surface area contributed by atoms with Crippen LogP contribution in [0.2, 0.25) is 0 Å². The van der Waals surface area contributed by atoms with Crippen molar-refractivity contribution in [3.05, 3.63) is 41.2 Å². The highest BCUT2D eigenvalue weighted by Gasteiger charge is 2.18. The van der Waals surface area contributed by atoms with E-state index in [0.29, 0.717) is 5.69 Å². The van der Waals surface area contributed by atoms with Crippen molar-refractivity contribution in [2.24, 2.45) is 0 Å². The molecule has 1 fully saturated rings. The average Bonchev–Trinajstić information content (AvgIpc) is 2.99. The first-order chi connectivity index (χ1) is 10.2. The summed E-state index contributed by atoms with van der Waals surface area (Å²) in [5.74, 6) is -0.411. The zero-order valence-corrected chi connectivity index (χ0v) is 14.7. The van der Waals surface area contributed by atoms with Crippen molar-refractivity contribution in [3.8, 4) is 10.6 Å². The molecule has 0 unspecified atom stereocenters.